The van der Waals surface area contributed by atoms with Gasteiger partial charge in [0, 0.05) is 29.5 Å². The first-order valence-corrected chi connectivity index (χ1v) is 7.68. The minimum absolute atomic E-state index is 0.218. The number of amides is 3. The number of nitrogens with one attached hydrogen (secondary N) is 2. The van der Waals surface area contributed by atoms with Crippen LogP contribution in [0.3, 0.4) is 0 Å². The summed E-state index contributed by atoms with van der Waals surface area (Å²) in [4.78, 5) is 30.0. The number of aryl methyl sites for hydroxylation is 1. The molecule has 1 aromatic carbocycles. The maximum absolute atomic E-state index is 12.1. The fraction of sp³-hybridized carbons (Fsp3) is 0.267. The molecule has 0 spiro atoms. The number of thiazole rings is 1. The van der Waals surface area contributed by atoms with Crippen molar-refractivity contribution in [1.82, 2.24) is 9.88 Å². The van der Waals surface area contributed by atoms with E-state index in [2.05, 4.69) is 20.4 Å². The SMILES string of the molecule is COC(=O)Nc1ccc(NC(=O)N(C)Cc2cnc(C)s2)cc1. The maximum Gasteiger partial charge on any atom is 0.411 e. The van der Waals surface area contributed by atoms with Gasteiger partial charge in [-0.2, -0.15) is 0 Å². The molecule has 122 valence electrons. The third kappa shape index (κ3) is 4.96. The summed E-state index contributed by atoms with van der Waals surface area (Å²) in [6.45, 7) is 2.43. The van der Waals surface area contributed by atoms with Gasteiger partial charge >= 0.3 is 12.1 Å². The fourth-order valence-electron chi connectivity index (χ4n) is 1.81. The van der Waals surface area contributed by atoms with Crippen LogP contribution in [0.15, 0.2) is 30.5 Å². The minimum atomic E-state index is -0.540. The van der Waals surface area contributed by atoms with Crippen LogP contribution in [-0.4, -0.2) is 36.2 Å². The first-order chi connectivity index (χ1) is 11.0. The zero-order chi connectivity index (χ0) is 16.8. The predicted molar refractivity (Wildman–Crippen MR) is 89.8 cm³/mol. The Morgan fingerprint density at radius 1 is 1.22 bits per heavy atom. The molecule has 0 fully saturated rings. The quantitative estimate of drug-likeness (QED) is 0.898. The number of methoxy groups -OCH3 is 1. The van der Waals surface area contributed by atoms with E-state index in [0.29, 0.717) is 17.9 Å². The lowest BCUT2D eigenvalue weighted by molar-refractivity contribution is 0.187. The molecule has 2 N–H and O–H groups in total. The lowest BCUT2D eigenvalue weighted by Crippen LogP contribution is -2.30. The number of rotatable bonds is 4. The maximum atomic E-state index is 12.1. The topological polar surface area (TPSA) is 83.6 Å². The highest BCUT2D eigenvalue weighted by atomic mass is 32.1. The summed E-state index contributed by atoms with van der Waals surface area (Å²) in [6.07, 6.45) is 1.23. The van der Waals surface area contributed by atoms with Crippen LogP contribution in [-0.2, 0) is 11.3 Å². The average Bonchev–Trinajstić information content (AvgIpc) is 2.94. The Hall–Kier alpha value is -2.61. The molecule has 0 aliphatic rings. The molecule has 1 heterocycles. The number of hydrogen-bond donors (Lipinski definition) is 2. The third-order valence-electron chi connectivity index (χ3n) is 2.98. The molecular weight excluding hydrogens is 316 g/mol. The number of benzene rings is 1. The predicted octanol–water partition coefficient (Wildman–Crippen LogP) is 3.29. The van der Waals surface area contributed by atoms with E-state index in [-0.39, 0.29) is 6.03 Å². The number of urea groups is 1. The van der Waals surface area contributed by atoms with Gasteiger partial charge in [0.05, 0.1) is 18.7 Å². The van der Waals surface area contributed by atoms with Crippen molar-refractivity contribution in [2.75, 3.05) is 24.8 Å². The number of ether oxygens (including phenoxy) is 1. The van der Waals surface area contributed by atoms with E-state index in [1.54, 1.807) is 53.7 Å². The summed E-state index contributed by atoms with van der Waals surface area (Å²) < 4.78 is 4.51. The third-order valence-corrected chi connectivity index (χ3v) is 3.87. The van der Waals surface area contributed by atoms with Crippen molar-refractivity contribution in [2.45, 2.75) is 13.5 Å². The van der Waals surface area contributed by atoms with E-state index in [0.717, 1.165) is 9.88 Å². The standard InChI is InChI=1S/C15H18N4O3S/c1-10-16-8-13(23-10)9-19(2)14(20)17-11-4-6-12(7-5-11)18-15(21)22-3/h4-8H,9H2,1-3H3,(H,17,20)(H,18,21). The van der Waals surface area contributed by atoms with Gasteiger partial charge in [-0.3, -0.25) is 5.32 Å². The largest absolute Gasteiger partial charge is 0.453 e. The molecule has 0 saturated heterocycles. The van der Waals surface area contributed by atoms with Crippen LogP contribution in [0.4, 0.5) is 21.0 Å². The normalized spacial score (nSPS) is 10.0. The van der Waals surface area contributed by atoms with E-state index in [1.807, 2.05) is 6.92 Å². The first-order valence-electron chi connectivity index (χ1n) is 6.86. The van der Waals surface area contributed by atoms with E-state index in [4.69, 9.17) is 0 Å². The van der Waals surface area contributed by atoms with E-state index < -0.39 is 6.09 Å². The molecule has 8 heteroatoms. The Labute approximate surface area is 138 Å². The summed E-state index contributed by atoms with van der Waals surface area (Å²) in [5, 5.41) is 6.31. The van der Waals surface area contributed by atoms with Crippen LogP contribution >= 0.6 is 11.3 Å². The van der Waals surface area contributed by atoms with Crippen molar-refractivity contribution >= 4 is 34.8 Å². The molecule has 0 radical (unpaired) electrons. The molecule has 0 aliphatic heterocycles. The van der Waals surface area contributed by atoms with Gasteiger partial charge in [0.1, 0.15) is 0 Å². The van der Waals surface area contributed by atoms with Gasteiger partial charge in [-0.1, -0.05) is 0 Å². The zero-order valence-corrected chi connectivity index (χ0v) is 13.9. The van der Waals surface area contributed by atoms with Crippen LogP contribution in [0.25, 0.3) is 0 Å². The van der Waals surface area contributed by atoms with Crippen LogP contribution in [0, 0.1) is 6.92 Å². The molecule has 2 rings (SSSR count). The molecule has 0 atom stereocenters. The highest BCUT2D eigenvalue weighted by molar-refractivity contribution is 7.11. The van der Waals surface area contributed by atoms with E-state index in [1.165, 1.54) is 7.11 Å². The Kier molecular flexibility index (Phi) is 5.53. The number of carbonyl (C=O) groups excluding carboxylic acids is 2. The summed E-state index contributed by atoms with van der Waals surface area (Å²) in [5.74, 6) is 0. The number of nitrogens with zero attached hydrogens (tertiary/aromatic N) is 2. The molecule has 1 aromatic heterocycles. The van der Waals surface area contributed by atoms with Gasteiger partial charge in [-0.05, 0) is 31.2 Å². The van der Waals surface area contributed by atoms with Gasteiger partial charge in [-0.25, -0.2) is 14.6 Å². The first kappa shape index (κ1) is 16.8. The van der Waals surface area contributed by atoms with Gasteiger partial charge in [0.25, 0.3) is 0 Å². The van der Waals surface area contributed by atoms with Crippen molar-refractivity contribution < 1.29 is 14.3 Å². The van der Waals surface area contributed by atoms with Crippen LogP contribution in [0.1, 0.15) is 9.88 Å². The second-order valence-electron chi connectivity index (χ2n) is 4.83. The summed E-state index contributed by atoms with van der Waals surface area (Å²) in [5.41, 5.74) is 1.22. The molecule has 0 unspecified atom stereocenters. The van der Waals surface area contributed by atoms with E-state index >= 15 is 0 Å². The molecule has 0 saturated carbocycles. The molecular formula is C15H18N4O3S. The minimum Gasteiger partial charge on any atom is -0.453 e. The molecule has 0 aliphatic carbocycles. The Morgan fingerprint density at radius 3 is 2.35 bits per heavy atom. The Balaban J connectivity index is 1.90. The monoisotopic (exact) mass is 334 g/mol. The van der Waals surface area contributed by atoms with Crippen LogP contribution in [0.5, 0.6) is 0 Å². The molecule has 7 nitrogen and oxygen atoms in total. The Morgan fingerprint density at radius 2 is 1.83 bits per heavy atom. The number of hydrogen-bond acceptors (Lipinski definition) is 5. The number of carbonyl (C=O) groups is 2. The van der Waals surface area contributed by atoms with Crippen molar-refractivity contribution in [3.05, 3.63) is 40.3 Å². The Bertz CT molecular complexity index is 684. The smallest absolute Gasteiger partial charge is 0.411 e. The van der Waals surface area contributed by atoms with Crippen LogP contribution < -0.4 is 10.6 Å². The summed E-state index contributed by atoms with van der Waals surface area (Å²) in [6, 6.07) is 6.55. The van der Waals surface area contributed by atoms with Crippen molar-refractivity contribution in [3.8, 4) is 0 Å². The van der Waals surface area contributed by atoms with Gasteiger partial charge in [0.15, 0.2) is 0 Å². The highest BCUT2D eigenvalue weighted by Gasteiger charge is 2.11. The molecule has 3 amide bonds. The zero-order valence-electron chi connectivity index (χ0n) is 13.1. The van der Waals surface area contributed by atoms with E-state index in [9.17, 15) is 9.59 Å². The molecule has 2 aromatic rings. The van der Waals surface area contributed by atoms with Gasteiger partial charge in [-0.15, -0.1) is 11.3 Å². The molecule has 0 bridgehead atoms. The van der Waals surface area contributed by atoms with Gasteiger partial charge < -0.3 is 15.0 Å². The number of anilines is 2. The fourth-order valence-corrected chi connectivity index (χ4v) is 2.66. The molecule has 23 heavy (non-hydrogen) atoms. The lowest BCUT2D eigenvalue weighted by atomic mass is 10.3. The highest BCUT2D eigenvalue weighted by Crippen LogP contribution is 2.16. The van der Waals surface area contributed by atoms with Crippen molar-refractivity contribution in [3.63, 3.8) is 0 Å². The lowest BCUT2D eigenvalue weighted by Gasteiger charge is -2.17. The second-order valence-corrected chi connectivity index (χ2v) is 6.15. The van der Waals surface area contributed by atoms with Gasteiger partial charge in [0.2, 0.25) is 0 Å². The van der Waals surface area contributed by atoms with Crippen LogP contribution in [0.2, 0.25) is 0 Å². The second kappa shape index (κ2) is 7.59. The van der Waals surface area contributed by atoms with Crippen molar-refractivity contribution in [1.29, 1.82) is 0 Å². The number of aromatic nitrogens is 1. The van der Waals surface area contributed by atoms with Crippen molar-refractivity contribution in [2.24, 2.45) is 0 Å². The summed E-state index contributed by atoms with van der Waals surface area (Å²) in [7, 11) is 3.02. The average molecular weight is 334 g/mol. The summed E-state index contributed by atoms with van der Waals surface area (Å²) >= 11 is 1.56.